The van der Waals surface area contributed by atoms with Crippen molar-refractivity contribution in [1.29, 1.82) is 0 Å². The van der Waals surface area contributed by atoms with Crippen LogP contribution in [0.2, 0.25) is 5.02 Å². The summed E-state index contributed by atoms with van der Waals surface area (Å²) in [6, 6.07) is 7.70. The highest BCUT2D eigenvalue weighted by molar-refractivity contribution is 6.33. The third-order valence-corrected chi connectivity index (χ3v) is 7.35. The predicted molar refractivity (Wildman–Crippen MR) is 152 cm³/mol. The highest BCUT2D eigenvalue weighted by Crippen LogP contribution is 2.35. The second kappa shape index (κ2) is 11.3. The van der Waals surface area contributed by atoms with E-state index in [1.807, 2.05) is 29.8 Å². The van der Waals surface area contributed by atoms with Crippen molar-refractivity contribution in [3.8, 4) is 16.9 Å². The number of allylic oxidation sites excluding steroid dienone is 4. The van der Waals surface area contributed by atoms with E-state index in [1.165, 1.54) is 11.8 Å². The van der Waals surface area contributed by atoms with Gasteiger partial charge >= 0.3 is 0 Å². The minimum atomic E-state index is -0.717. The third kappa shape index (κ3) is 6.40. The molecular weight excluding hydrogens is 514 g/mol. The van der Waals surface area contributed by atoms with Gasteiger partial charge < -0.3 is 15.2 Å². The van der Waals surface area contributed by atoms with Crippen molar-refractivity contribution in [3.05, 3.63) is 76.5 Å². The Balaban J connectivity index is 1.31. The number of ether oxygens (including phenoxy) is 1. The molecule has 0 saturated heterocycles. The Bertz CT molecular complexity index is 1440. The number of anilines is 1. The van der Waals surface area contributed by atoms with Gasteiger partial charge in [0.2, 0.25) is 5.82 Å². The number of pyridine rings is 1. The van der Waals surface area contributed by atoms with Crippen LogP contribution in [0.5, 0.6) is 5.75 Å². The van der Waals surface area contributed by atoms with Crippen LogP contribution in [0.1, 0.15) is 74.0 Å². The summed E-state index contributed by atoms with van der Waals surface area (Å²) in [5.41, 5.74) is 3.14. The van der Waals surface area contributed by atoms with Gasteiger partial charge in [0.1, 0.15) is 17.4 Å². The molecule has 1 atom stereocenters. The van der Waals surface area contributed by atoms with E-state index in [0.29, 0.717) is 29.6 Å². The summed E-state index contributed by atoms with van der Waals surface area (Å²) in [4.78, 5) is 21.9. The number of rotatable bonds is 9. The minimum absolute atomic E-state index is 0.124. The van der Waals surface area contributed by atoms with Crippen molar-refractivity contribution in [2.75, 3.05) is 11.9 Å². The minimum Gasteiger partial charge on any atom is -0.494 e. The SMILES string of the molecule is Cc1ccc(OCCCC(C)(C)O)cc1-c1cc(NC(=O)c2nc3n(n2)C(C2=CCCC=C2)CC3)ncc1Cl. The van der Waals surface area contributed by atoms with E-state index >= 15 is 0 Å². The number of amides is 1. The molecule has 1 unspecified atom stereocenters. The summed E-state index contributed by atoms with van der Waals surface area (Å²) in [5, 5.41) is 17.8. The third-order valence-electron chi connectivity index (χ3n) is 7.05. The molecule has 2 aromatic heterocycles. The molecular formula is C30H34ClN5O3. The summed E-state index contributed by atoms with van der Waals surface area (Å²) < 4.78 is 7.81. The molecule has 3 aromatic rings. The van der Waals surface area contributed by atoms with Gasteiger partial charge in [-0.25, -0.2) is 14.6 Å². The lowest BCUT2D eigenvalue weighted by Crippen LogP contribution is -2.19. The monoisotopic (exact) mass is 547 g/mol. The van der Waals surface area contributed by atoms with Crippen LogP contribution in [-0.4, -0.2) is 43.0 Å². The summed E-state index contributed by atoms with van der Waals surface area (Å²) in [6.45, 7) is 6.07. The van der Waals surface area contributed by atoms with Crippen molar-refractivity contribution in [2.24, 2.45) is 0 Å². The van der Waals surface area contributed by atoms with E-state index in [4.69, 9.17) is 16.3 Å². The summed E-state index contributed by atoms with van der Waals surface area (Å²) >= 11 is 6.54. The Morgan fingerprint density at radius 2 is 2.10 bits per heavy atom. The quantitative estimate of drug-likeness (QED) is 0.307. The average molecular weight is 548 g/mol. The Kier molecular flexibility index (Phi) is 7.86. The topological polar surface area (TPSA) is 102 Å². The molecule has 39 heavy (non-hydrogen) atoms. The Hall–Kier alpha value is -3.49. The fraction of sp³-hybridized carbons (Fsp3) is 0.400. The van der Waals surface area contributed by atoms with E-state index < -0.39 is 11.5 Å². The molecule has 8 nitrogen and oxygen atoms in total. The van der Waals surface area contributed by atoms with Gasteiger partial charge in [-0.1, -0.05) is 35.9 Å². The molecule has 3 heterocycles. The van der Waals surface area contributed by atoms with Crippen molar-refractivity contribution in [3.63, 3.8) is 0 Å². The fourth-order valence-electron chi connectivity index (χ4n) is 5.01. The Morgan fingerprint density at radius 1 is 1.26 bits per heavy atom. The predicted octanol–water partition coefficient (Wildman–Crippen LogP) is 6.25. The van der Waals surface area contributed by atoms with Crippen LogP contribution in [-0.2, 0) is 6.42 Å². The molecule has 1 aromatic carbocycles. The smallest absolute Gasteiger partial charge is 0.296 e. The lowest BCUT2D eigenvalue weighted by atomic mass is 9.99. The number of hydrogen-bond donors (Lipinski definition) is 2. The molecule has 0 bridgehead atoms. The number of halogens is 1. The zero-order chi connectivity index (χ0) is 27.6. The van der Waals surface area contributed by atoms with Crippen LogP contribution in [0.3, 0.4) is 0 Å². The Labute approximate surface area is 233 Å². The van der Waals surface area contributed by atoms with E-state index in [-0.39, 0.29) is 11.9 Å². The van der Waals surface area contributed by atoms with Crippen LogP contribution < -0.4 is 10.1 Å². The first kappa shape index (κ1) is 27.1. The fourth-order valence-corrected chi connectivity index (χ4v) is 5.22. The molecule has 0 fully saturated rings. The first-order chi connectivity index (χ1) is 18.7. The number of nitrogens with zero attached hydrogens (tertiary/aromatic N) is 4. The number of hydrogen-bond acceptors (Lipinski definition) is 6. The van der Waals surface area contributed by atoms with Gasteiger partial charge in [0, 0.05) is 18.2 Å². The second-order valence-electron chi connectivity index (χ2n) is 10.8. The zero-order valence-corrected chi connectivity index (χ0v) is 23.3. The highest BCUT2D eigenvalue weighted by Gasteiger charge is 2.29. The molecule has 0 radical (unpaired) electrons. The molecule has 0 spiro atoms. The van der Waals surface area contributed by atoms with E-state index in [9.17, 15) is 9.90 Å². The van der Waals surface area contributed by atoms with Gasteiger partial charge in [-0.3, -0.25) is 4.79 Å². The van der Waals surface area contributed by atoms with Crippen molar-refractivity contribution in [1.82, 2.24) is 19.7 Å². The van der Waals surface area contributed by atoms with Gasteiger partial charge in [0.25, 0.3) is 5.91 Å². The van der Waals surface area contributed by atoms with Crippen molar-refractivity contribution < 1.29 is 14.6 Å². The number of benzene rings is 1. The van der Waals surface area contributed by atoms with E-state index in [1.54, 1.807) is 19.9 Å². The highest BCUT2D eigenvalue weighted by atomic mass is 35.5. The molecule has 9 heteroatoms. The van der Waals surface area contributed by atoms with Gasteiger partial charge in [-0.15, -0.1) is 5.10 Å². The molecule has 1 amide bonds. The maximum absolute atomic E-state index is 13.1. The molecule has 5 rings (SSSR count). The number of fused-ring (bicyclic) bond motifs is 1. The second-order valence-corrected chi connectivity index (χ2v) is 11.2. The summed E-state index contributed by atoms with van der Waals surface area (Å²) in [5.74, 6) is 1.61. The van der Waals surface area contributed by atoms with Gasteiger partial charge in [0.15, 0.2) is 0 Å². The van der Waals surface area contributed by atoms with Crippen molar-refractivity contribution in [2.45, 2.75) is 70.9 Å². The van der Waals surface area contributed by atoms with Gasteiger partial charge in [0.05, 0.1) is 23.3 Å². The standard InChI is InChI=1S/C30H34ClN5O3/c1-19-10-11-21(39-15-7-14-30(2,3)38)16-22(19)23-17-26(32-18-24(23)31)33-29(37)28-34-27-13-12-25(36(27)35-28)20-8-5-4-6-9-20/h5,8-11,16-18,25,38H,4,6-7,12-15H2,1-3H3,(H,32,33,37). The Morgan fingerprint density at radius 3 is 2.87 bits per heavy atom. The lowest BCUT2D eigenvalue weighted by molar-refractivity contribution is 0.0641. The number of aryl methyl sites for hydroxylation is 2. The lowest BCUT2D eigenvalue weighted by Gasteiger charge is -2.17. The normalized spacial score (nSPS) is 16.6. The van der Waals surface area contributed by atoms with Crippen molar-refractivity contribution >= 4 is 23.3 Å². The van der Waals surface area contributed by atoms with E-state index in [0.717, 1.165) is 54.6 Å². The molecule has 204 valence electrons. The van der Waals surface area contributed by atoms with Crippen LogP contribution >= 0.6 is 11.6 Å². The number of carbonyl (C=O) groups is 1. The molecule has 1 aliphatic carbocycles. The molecule has 2 N–H and O–H groups in total. The molecule has 1 aliphatic heterocycles. The van der Waals surface area contributed by atoms with Gasteiger partial charge in [-0.05, 0) is 87.8 Å². The molecule has 2 aliphatic rings. The maximum atomic E-state index is 13.1. The first-order valence-corrected chi connectivity index (χ1v) is 13.8. The van der Waals surface area contributed by atoms with Crippen LogP contribution in [0.4, 0.5) is 5.82 Å². The number of carbonyl (C=O) groups excluding carboxylic acids is 1. The number of aromatic nitrogens is 4. The molecule has 0 saturated carbocycles. The first-order valence-electron chi connectivity index (χ1n) is 13.4. The van der Waals surface area contributed by atoms with Crippen LogP contribution in [0, 0.1) is 6.92 Å². The summed E-state index contributed by atoms with van der Waals surface area (Å²) in [7, 11) is 0. The number of nitrogens with one attached hydrogen (secondary N) is 1. The average Bonchev–Trinajstić information content (AvgIpc) is 3.50. The summed E-state index contributed by atoms with van der Waals surface area (Å²) in [6.07, 6.45) is 13.3. The van der Waals surface area contributed by atoms with E-state index in [2.05, 4.69) is 38.6 Å². The van der Waals surface area contributed by atoms with Gasteiger partial charge in [-0.2, -0.15) is 0 Å². The number of aliphatic hydroxyl groups is 1. The van der Waals surface area contributed by atoms with Crippen LogP contribution in [0.25, 0.3) is 11.1 Å². The zero-order valence-electron chi connectivity index (χ0n) is 22.6. The van der Waals surface area contributed by atoms with Crippen LogP contribution in [0.15, 0.2) is 54.3 Å². The largest absolute Gasteiger partial charge is 0.494 e. The maximum Gasteiger partial charge on any atom is 0.296 e.